The average molecular weight is 284 g/mol. The van der Waals surface area contributed by atoms with Crippen LogP contribution in [0.5, 0.6) is 0 Å². The number of pyridine rings is 1. The number of ether oxygens (including phenoxy) is 1. The third-order valence-corrected chi connectivity index (χ3v) is 2.76. The van der Waals surface area contributed by atoms with Gasteiger partial charge in [0.15, 0.2) is 5.82 Å². The zero-order valence-corrected chi connectivity index (χ0v) is 12.2. The largest absolute Gasteiger partial charge is 0.460 e. The van der Waals surface area contributed by atoms with Gasteiger partial charge in [-0.2, -0.15) is 10.4 Å². The summed E-state index contributed by atoms with van der Waals surface area (Å²) < 4.78 is 10.5. The van der Waals surface area contributed by atoms with Crippen LogP contribution in [-0.4, -0.2) is 18.3 Å². The van der Waals surface area contributed by atoms with Crippen LogP contribution in [0.2, 0.25) is 0 Å². The van der Waals surface area contributed by atoms with Gasteiger partial charge in [-0.15, -0.1) is 0 Å². The molecule has 0 saturated carbocycles. The van der Waals surface area contributed by atoms with Gasteiger partial charge in [0, 0.05) is 18.4 Å². The van der Waals surface area contributed by atoms with E-state index >= 15 is 0 Å². The van der Waals surface area contributed by atoms with E-state index in [0.717, 1.165) is 17.0 Å². The maximum Gasteiger partial charge on any atom is 0.164 e. The van der Waals surface area contributed by atoms with Crippen LogP contribution in [0.25, 0.3) is 0 Å². The highest BCUT2D eigenvalue weighted by atomic mass is 16.5. The molecule has 0 bridgehead atoms. The number of furan rings is 1. The van der Waals surface area contributed by atoms with Gasteiger partial charge in [-0.25, -0.2) is 4.98 Å². The lowest BCUT2D eigenvalue weighted by atomic mass is 10.1. The first kappa shape index (κ1) is 14.8. The molecule has 0 aromatic carbocycles. The Morgan fingerprint density at radius 2 is 2.29 bits per heavy atom. The number of hydrazone groups is 1. The lowest BCUT2D eigenvalue weighted by Gasteiger charge is -2.08. The van der Waals surface area contributed by atoms with Crippen LogP contribution in [-0.2, 0) is 11.3 Å². The molecule has 108 valence electrons. The Morgan fingerprint density at radius 3 is 2.90 bits per heavy atom. The van der Waals surface area contributed by atoms with E-state index in [0.29, 0.717) is 23.7 Å². The molecule has 1 N–H and O–H groups in total. The quantitative estimate of drug-likeness (QED) is 0.674. The number of nitrogens with zero attached hydrogens (tertiary/aromatic N) is 3. The summed E-state index contributed by atoms with van der Waals surface area (Å²) in [5.74, 6) is 1.84. The van der Waals surface area contributed by atoms with Crippen LogP contribution in [0.15, 0.2) is 27.7 Å². The zero-order valence-electron chi connectivity index (χ0n) is 12.2. The molecule has 2 aromatic heterocycles. The molecule has 6 heteroatoms. The minimum atomic E-state index is 0.349. The normalized spacial score (nSPS) is 10.8. The minimum absolute atomic E-state index is 0.349. The van der Waals surface area contributed by atoms with Gasteiger partial charge in [0.1, 0.15) is 23.2 Å². The van der Waals surface area contributed by atoms with Gasteiger partial charge in [-0.1, -0.05) is 0 Å². The third kappa shape index (κ3) is 3.68. The van der Waals surface area contributed by atoms with Crippen molar-refractivity contribution in [1.82, 2.24) is 4.98 Å². The summed E-state index contributed by atoms with van der Waals surface area (Å²) in [6.07, 6.45) is 1.54. The van der Waals surface area contributed by atoms with E-state index in [1.54, 1.807) is 7.11 Å². The van der Waals surface area contributed by atoms with Crippen LogP contribution < -0.4 is 5.43 Å². The van der Waals surface area contributed by atoms with Gasteiger partial charge in [-0.05, 0) is 32.0 Å². The van der Waals surface area contributed by atoms with E-state index in [4.69, 9.17) is 9.15 Å². The molecule has 0 saturated heterocycles. The first-order chi connectivity index (χ1) is 10.1. The van der Waals surface area contributed by atoms with Crippen molar-refractivity contribution in [2.75, 3.05) is 12.5 Å². The van der Waals surface area contributed by atoms with Gasteiger partial charge in [-0.3, -0.25) is 5.43 Å². The van der Waals surface area contributed by atoms with Crippen LogP contribution in [0.1, 0.15) is 28.3 Å². The Hall–Kier alpha value is -2.65. The van der Waals surface area contributed by atoms with Gasteiger partial charge < -0.3 is 9.15 Å². The summed E-state index contributed by atoms with van der Waals surface area (Å²) in [6, 6.07) is 7.62. The van der Waals surface area contributed by atoms with Gasteiger partial charge in [0.05, 0.1) is 12.8 Å². The predicted octanol–water partition coefficient (Wildman–Crippen LogP) is 2.76. The van der Waals surface area contributed by atoms with Crippen LogP contribution in [0.3, 0.4) is 0 Å². The number of nitriles is 1. The molecule has 0 atom stereocenters. The first-order valence-electron chi connectivity index (χ1n) is 6.39. The Kier molecular flexibility index (Phi) is 4.69. The minimum Gasteiger partial charge on any atom is -0.460 e. The Labute approximate surface area is 123 Å². The van der Waals surface area contributed by atoms with Gasteiger partial charge in [0.25, 0.3) is 0 Å². The summed E-state index contributed by atoms with van der Waals surface area (Å²) in [5, 5.41) is 13.3. The van der Waals surface area contributed by atoms with Crippen LogP contribution in [0, 0.1) is 25.2 Å². The fourth-order valence-corrected chi connectivity index (χ4v) is 1.90. The molecule has 2 aromatic rings. The number of aryl methyl sites for hydroxylation is 2. The number of rotatable bonds is 5. The molecule has 0 fully saturated rings. The van der Waals surface area contributed by atoms with Crippen molar-refractivity contribution in [3.63, 3.8) is 0 Å². The summed E-state index contributed by atoms with van der Waals surface area (Å²) >= 11 is 0. The van der Waals surface area contributed by atoms with Crippen molar-refractivity contribution in [1.29, 1.82) is 5.26 Å². The average Bonchev–Trinajstić information content (AvgIpc) is 2.85. The predicted molar refractivity (Wildman–Crippen MR) is 79.1 cm³/mol. The third-order valence-electron chi connectivity index (χ3n) is 2.76. The Balaban J connectivity index is 2.23. The van der Waals surface area contributed by atoms with Crippen molar-refractivity contribution >= 4 is 12.0 Å². The molecule has 2 rings (SSSR count). The van der Waals surface area contributed by atoms with Crippen molar-refractivity contribution in [2.24, 2.45) is 5.10 Å². The second-order valence-electron chi connectivity index (χ2n) is 4.51. The summed E-state index contributed by atoms with van der Waals surface area (Å²) in [4.78, 5) is 4.29. The Bertz CT molecular complexity index is 698. The summed E-state index contributed by atoms with van der Waals surface area (Å²) in [7, 11) is 1.58. The monoisotopic (exact) mass is 284 g/mol. The smallest absolute Gasteiger partial charge is 0.164 e. The molecular weight excluding hydrogens is 268 g/mol. The van der Waals surface area contributed by atoms with E-state index in [1.165, 1.54) is 6.21 Å². The number of hydrogen-bond donors (Lipinski definition) is 1. The topological polar surface area (TPSA) is 83.4 Å². The lowest BCUT2D eigenvalue weighted by Crippen LogP contribution is -2.03. The fraction of sp³-hybridized carbons (Fsp3) is 0.267. The number of aromatic nitrogens is 1. The highest BCUT2D eigenvalue weighted by Gasteiger charge is 2.10. The van der Waals surface area contributed by atoms with Crippen molar-refractivity contribution in [3.05, 3.63) is 46.5 Å². The molecule has 0 amide bonds. The number of hydrogen-bond acceptors (Lipinski definition) is 6. The molecule has 0 radical (unpaired) electrons. The van der Waals surface area contributed by atoms with Crippen molar-refractivity contribution in [2.45, 2.75) is 20.5 Å². The second kappa shape index (κ2) is 6.68. The molecule has 0 unspecified atom stereocenters. The maximum atomic E-state index is 9.28. The van der Waals surface area contributed by atoms with Crippen molar-refractivity contribution < 1.29 is 9.15 Å². The summed E-state index contributed by atoms with van der Waals surface area (Å²) in [6.45, 7) is 4.06. The standard InChI is InChI=1S/C15H16N4O2/c1-10-6-12(9-20-3)14(7-16)15(18-10)19-17-8-13-5-4-11(2)21-13/h4-6,8H,9H2,1-3H3,(H,18,19)/b17-8+. The van der Waals surface area contributed by atoms with E-state index in [1.807, 2.05) is 32.0 Å². The number of methoxy groups -OCH3 is 1. The van der Waals surface area contributed by atoms with E-state index < -0.39 is 0 Å². The summed E-state index contributed by atoms with van der Waals surface area (Å²) in [5.41, 5.74) is 4.77. The molecule has 0 aliphatic carbocycles. The van der Waals surface area contributed by atoms with Crippen LogP contribution in [0.4, 0.5) is 5.82 Å². The SMILES string of the molecule is COCc1cc(C)nc(N/N=C/c2ccc(C)o2)c1C#N. The molecule has 0 spiro atoms. The van der Waals surface area contributed by atoms with Gasteiger partial charge in [0.2, 0.25) is 0 Å². The molecule has 0 aliphatic rings. The number of anilines is 1. The maximum absolute atomic E-state index is 9.28. The zero-order chi connectivity index (χ0) is 15.2. The molecule has 6 nitrogen and oxygen atoms in total. The molecule has 0 aliphatic heterocycles. The van der Waals surface area contributed by atoms with E-state index in [2.05, 4.69) is 21.6 Å². The van der Waals surface area contributed by atoms with E-state index in [-0.39, 0.29) is 0 Å². The fourth-order valence-electron chi connectivity index (χ4n) is 1.90. The lowest BCUT2D eigenvalue weighted by molar-refractivity contribution is 0.184. The highest BCUT2D eigenvalue weighted by molar-refractivity contribution is 5.76. The highest BCUT2D eigenvalue weighted by Crippen LogP contribution is 2.19. The number of nitrogens with one attached hydrogen (secondary N) is 1. The molecule has 21 heavy (non-hydrogen) atoms. The molecule has 2 heterocycles. The van der Waals surface area contributed by atoms with Crippen molar-refractivity contribution in [3.8, 4) is 6.07 Å². The second-order valence-corrected chi connectivity index (χ2v) is 4.51. The first-order valence-corrected chi connectivity index (χ1v) is 6.39. The van der Waals surface area contributed by atoms with Crippen LogP contribution >= 0.6 is 0 Å². The molecular formula is C15H16N4O2. The van der Waals surface area contributed by atoms with Gasteiger partial charge >= 0.3 is 0 Å². The van der Waals surface area contributed by atoms with E-state index in [9.17, 15) is 5.26 Å². The Morgan fingerprint density at radius 1 is 1.48 bits per heavy atom.